The van der Waals surface area contributed by atoms with Crippen LogP contribution >= 0.6 is 0 Å². The average molecular weight is 264 g/mol. The zero-order valence-electron chi connectivity index (χ0n) is 10.3. The number of hydrogen-bond donors (Lipinski definition) is 0. The molecular weight excluding hydrogens is 249 g/mol. The smallest absolute Gasteiger partial charge is 0.418 e. The van der Waals surface area contributed by atoms with Crippen LogP contribution in [0.15, 0.2) is 23.9 Å². The average Bonchev–Trinajstić information content (AvgIpc) is 2.29. The Labute approximate surface area is 104 Å². The summed E-state index contributed by atoms with van der Waals surface area (Å²) in [5.74, 6) is 0. The Morgan fingerprint density at radius 3 is 2.17 bits per heavy atom. The Kier molecular flexibility index (Phi) is 7.04. The number of halogens is 4. The molecule has 0 heterocycles. The predicted molar refractivity (Wildman–Crippen MR) is 63.6 cm³/mol. The third-order valence-corrected chi connectivity index (χ3v) is 2.22. The van der Waals surface area contributed by atoms with Crippen LogP contribution in [0.5, 0.6) is 0 Å². The van der Waals surface area contributed by atoms with E-state index in [2.05, 4.69) is 23.5 Å². The van der Waals surface area contributed by atoms with Gasteiger partial charge in [0.1, 0.15) is 5.70 Å². The van der Waals surface area contributed by atoms with E-state index in [1.165, 1.54) is 0 Å². The van der Waals surface area contributed by atoms with Gasteiger partial charge in [0.2, 0.25) is 0 Å². The van der Waals surface area contributed by atoms with E-state index in [4.69, 9.17) is 5.53 Å². The van der Waals surface area contributed by atoms with Crippen LogP contribution in [-0.2, 0) is 0 Å². The van der Waals surface area contributed by atoms with Crippen LogP contribution in [-0.4, -0.2) is 35.7 Å². The van der Waals surface area contributed by atoms with Gasteiger partial charge in [0.25, 0.3) is 0 Å². The molecule has 1 rings (SSSR count). The van der Waals surface area contributed by atoms with E-state index in [0.717, 1.165) is 30.9 Å². The molecule has 0 saturated carbocycles. The van der Waals surface area contributed by atoms with E-state index >= 15 is 0 Å². The van der Waals surface area contributed by atoms with Crippen LogP contribution in [0.3, 0.4) is 0 Å². The molecule has 0 saturated heterocycles. The van der Waals surface area contributed by atoms with Gasteiger partial charge in [-0.1, -0.05) is 12.2 Å². The second-order valence-corrected chi connectivity index (χ2v) is 3.40. The lowest BCUT2D eigenvalue weighted by atomic mass is 10.1. The Morgan fingerprint density at radius 2 is 1.78 bits per heavy atom. The molecule has 0 amide bonds. The molecule has 8 heteroatoms. The van der Waals surface area contributed by atoms with E-state index in [0.29, 0.717) is 0 Å². The summed E-state index contributed by atoms with van der Waals surface area (Å²) in [5.41, 5.74) is 10.6. The minimum atomic E-state index is -6.00. The summed E-state index contributed by atoms with van der Waals surface area (Å²) in [6, 6.07) is 0. The fourth-order valence-corrected chi connectivity index (χ4v) is 1.48. The zero-order valence-corrected chi connectivity index (χ0v) is 10.3. The standard InChI is InChI=1S/C10H15N3.BF4/c1-3-13(4-2)10-8-6-5-7-9(10)12-11;2-1(3,4)5/h5-6,8H,3-4,7H2,1-2H3;/q;-1. The lowest BCUT2D eigenvalue weighted by Crippen LogP contribution is -2.28. The van der Waals surface area contributed by atoms with E-state index in [-0.39, 0.29) is 0 Å². The van der Waals surface area contributed by atoms with Gasteiger partial charge in [0.05, 0.1) is 6.42 Å². The number of allylic oxidation sites excluding steroid dienone is 4. The van der Waals surface area contributed by atoms with Crippen molar-refractivity contribution in [1.82, 2.24) is 4.90 Å². The molecular formula is C10H15BF4N3-. The molecule has 3 nitrogen and oxygen atoms in total. The fraction of sp³-hybridized carbons (Fsp3) is 0.500. The lowest BCUT2D eigenvalue weighted by molar-refractivity contribution is -0.00870. The Morgan fingerprint density at radius 1 is 1.28 bits per heavy atom. The molecule has 0 radical (unpaired) electrons. The third-order valence-electron chi connectivity index (χ3n) is 2.22. The summed E-state index contributed by atoms with van der Waals surface area (Å²) in [6.45, 7) is 6.07. The van der Waals surface area contributed by atoms with Gasteiger partial charge in [-0.25, -0.2) is 0 Å². The van der Waals surface area contributed by atoms with Crippen molar-refractivity contribution in [2.75, 3.05) is 13.1 Å². The second-order valence-electron chi connectivity index (χ2n) is 3.40. The molecule has 0 N–H and O–H groups in total. The molecule has 18 heavy (non-hydrogen) atoms. The molecule has 102 valence electrons. The van der Waals surface area contributed by atoms with E-state index in [1.54, 1.807) is 0 Å². The highest BCUT2D eigenvalue weighted by molar-refractivity contribution is 6.50. The Bertz CT molecular complexity index is 360. The van der Waals surface area contributed by atoms with Crippen LogP contribution in [0, 0.1) is 0 Å². The maximum absolute atomic E-state index is 9.75. The van der Waals surface area contributed by atoms with Gasteiger partial charge in [-0.05, 0) is 19.9 Å². The van der Waals surface area contributed by atoms with Gasteiger partial charge in [-0.3, -0.25) is 0 Å². The molecule has 0 unspecified atom stereocenters. The van der Waals surface area contributed by atoms with Crippen molar-refractivity contribution >= 4 is 13.0 Å². The molecule has 0 atom stereocenters. The SMILES string of the molecule is CCN(CC)C1=CC=CCC1=[N+]=[N-].F[B-](F)(F)F. The van der Waals surface area contributed by atoms with Crippen molar-refractivity contribution in [3.8, 4) is 0 Å². The van der Waals surface area contributed by atoms with Gasteiger partial charge in [-0.2, -0.15) is 4.79 Å². The largest absolute Gasteiger partial charge is 0.673 e. The summed E-state index contributed by atoms with van der Waals surface area (Å²) >= 11 is 0. The molecule has 0 aromatic rings. The van der Waals surface area contributed by atoms with E-state index in [9.17, 15) is 17.3 Å². The monoisotopic (exact) mass is 264 g/mol. The highest BCUT2D eigenvalue weighted by Gasteiger charge is 2.21. The molecule has 0 aromatic heterocycles. The van der Waals surface area contributed by atoms with Crippen LogP contribution in [0.4, 0.5) is 17.3 Å². The minimum Gasteiger partial charge on any atom is -0.418 e. The number of hydrogen-bond acceptors (Lipinski definition) is 1. The molecule has 0 aromatic carbocycles. The summed E-state index contributed by atoms with van der Waals surface area (Å²) < 4.78 is 39.0. The molecule has 0 spiro atoms. The maximum atomic E-state index is 9.75. The normalized spacial score (nSPS) is 14.3. The number of nitrogens with zero attached hydrogens (tertiary/aromatic N) is 3. The second kappa shape index (κ2) is 7.71. The maximum Gasteiger partial charge on any atom is 0.673 e. The summed E-state index contributed by atoms with van der Waals surface area (Å²) in [4.78, 5) is 5.48. The zero-order chi connectivity index (χ0) is 14.2. The van der Waals surface area contributed by atoms with Crippen molar-refractivity contribution in [2.24, 2.45) is 0 Å². The van der Waals surface area contributed by atoms with Crippen molar-refractivity contribution in [2.45, 2.75) is 20.3 Å². The van der Waals surface area contributed by atoms with Crippen molar-refractivity contribution in [3.05, 3.63) is 29.5 Å². The quantitative estimate of drug-likeness (QED) is 0.334. The first kappa shape index (κ1) is 16.4. The fourth-order valence-electron chi connectivity index (χ4n) is 1.48. The highest BCUT2D eigenvalue weighted by atomic mass is 19.5. The van der Waals surface area contributed by atoms with Crippen LogP contribution in [0.2, 0.25) is 0 Å². The summed E-state index contributed by atoms with van der Waals surface area (Å²) in [5, 5.41) is 0. The van der Waals surface area contributed by atoms with Crippen LogP contribution in [0.1, 0.15) is 20.3 Å². The van der Waals surface area contributed by atoms with Gasteiger partial charge in [-0.15, -0.1) is 0 Å². The molecule has 1 aliphatic carbocycles. The molecule has 0 aliphatic heterocycles. The molecule has 0 fully saturated rings. The van der Waals surface area contributed by atoms with Crippen LogP contribution in [0.25, 0.3) is 5.53 Å². The van der Waals surface area contributed by atoms with Gasteiger partial charge >= 0.3 is 13.0 Å². The Hall–Kier alpha value is -1.56. The third kappa shape index (κ3) is 6.91. The van der Waals surface area contributed by atoms with Gasteiger partial charge in [0.15, 0.2) is 0 Å². The van der Waals surface area contributed by atoms with Crippen molar-refractivity contribution in [1.29, 1.82) is 0 Å². The number of rotatable bonds is 3. The lowest BCUT2D eigenvalue weighted by Gasteiger charge is -2.21. The van der Waals surface area contributed by atoms with E-state index < -0.39 is 7.25 Å². The van der Waals surface area contributed by atoms with Gasteiger partial charge in [0, 0.05) is 13.1 Å². The summed E-state index contributed by atoms with van der Waals surface area (Å²) in [6.07, 6.45) is 6.70. The molecule has 1 aliphatic rings. The summed E-state index contributed by atoms with van der Waals surface area (Å²) in [7, 11) is -6.00. The minimum absolute atomic E-state index is 0.721. The van der Waals surface area contributed by atoms with Gasteiger partial charge < -0.3 is 27.7 Å². The Balaban J connectivity index is 0.000000494. The predicted octanol–water partition coefficient (Wildman–Crippen LogP) is 3.14. The topological polar surface area (TPSA) is 39.6 Å². The molecule has 0 bridgehead atoms. The highest BCUT2D eigenvalue weighted by Crippen LogP contribution is 2.12. The van der Waals surface area contributed by atoms with Crippen LogP contribution < -0.4 is 0 Å². The van der Waals surface area contributed by atoms with Crippen molar-refractivity contribution < 1.29 is 22.1 Å². The van der Waals surface area contributed by atoms with E-state index in [1.807, 2.05) is 18.2 Å². The first-order valence-electron chi connectivity index (χ1n) is 5.53. The first-order valence-corrected chi connectivity index (χ1v) is 5.53. The first-order chi connectivity index (χ1) is 8.33. The van der Waals surface area contributed by atoms with Crippen molar-refractivity contribution in [3.63, 3.8) is 0 Å².